The van der Waals surface area contributed by atoms with E-state index in [1.807, 2.05) is 12.1 Å². The number of hydrogen-bond donors (Lipinski definition) is 1. The Bertz CT molecular complexity index is 1030. The second-order valence-electron chi connectivity index (χ2n) is 7.42. The Morgan fingerprint density at radius 2 is 1.74 bits per heavy atom. The van der Waals surface area contributed by atoms with Crippen LogP contribution in [0.1, 0.15) is 11.1 Å². The smallest absolute Gasteiger partial charge is 0.174 e. The molecular weight excluding hydrogens is 440 g/mol. The van der Waals surface area contributed by atoms with Crippen molar-refractivity contribution < 1.29 is 8.78 Å². The number of piperazine rings is 1. The van der Waals surface area contributed by atoms with Crippen molar-refractivity contribution in [1.29, 1.82) is 0 Å². The Labute approximate surface area is 190 Å². The lowest BCUT2D eigenvalue weighted by Gasteiger charge is -2.36. The van der Waals surface area contributed by atoms with E-state index in [1.54, 1.807) is 29.1 Å². The van der Waals surface area contributed by atoms with E-state index in [2.05, 4.69) is 20.2 Å². The lowest BCUT2D eigenvalue weighted by molar-refractivity contribution is 0.177. The van der Waals surface area contributed by atoms with Crippen LogP contribution in [0.4, 0.5) is 14.6 Å². The average Bonchev–Trinajstić information content (AvgIpc) is 3.20. The fourth-order valence-electron chi connectivity index (χ4n) is 3.51. The molecule has 162 valence electrons. The number of aromatic nitrogens is 2. The average molecular weight is 462 g/mol. The molecule has 0 saturated carbocycles. The van der Waals surface area contributed by atoms with Gasteiger partial charge in [0, 0.05) is 55.6 Å². The SMILES string of the molecule is Fc1ccc(CN2CCN(C(=S)Nc3ccn(Cc4c(F)cccc4Cl)n3)CC2)cc1. The van der Waals surface area contributed by atoms with Crippen LogP contribution in [-0.4, -0.2) is 50.9 Å². The molecule has 5 nitrogen and oxygen atoms in total. The summed E-state index contributed by atoms with van der Waals surface area (Å²) in [6.07, 6.45) is 1.76. The van der Waals surface area contributed by atoms with Crippen LogP contribution in [0.2, 0.25) is 5.02 Å². The zero-order chi connectivity index (χ0) is 21.8. The molecule has 1 aliphatic heterocycles. The molecular formula is C22H22ClF2N5S. The van der Waals surface area contributed by atoms with E-state index in [0.29, 0.717) is 21.5 Å². The van der Waals surface area contributed by atoms with Crippen molar-refractivity contribution in [2.45, 2.75) is 13.1 Å². The summed E-state index contributed by atoms with van der Waals surface area (Å²) in [5.74, 6) is 0.0298. The van der Waals surface area contributed by atoms with Crippen molar-refractivity contribution in [1.82, 2.24) is 19.6 Å². The number of hydrogen-bond acceptors (Lipinski definition) is 3. The third-order valence-corrected chi connectivity index (χ3v) is 5.95. The Morgan fingerprint density at radius 1 is 1.00 bits per heavy atom. The van der Waals surface area contributed by atoms with Gasteiger partial charge in [-0.1, -0.05) is 29.8 Å². The number of rotatable bonds is 5. The molecule has 1 N–H and O–H groups in total. The van der Waals surface area contributed by atoms with Crippen LogP contribution < -0.4 is 5.32 Å². The normalized spacial score (nSPS) is 14.6. The highest BCUT2D eigenvalue weighted by molar-refractivity contribution is 7.80. The van der Waals surface area contributed by atoms with Gasteiger partial charge in [0.05, 0.1) is 6.54 Å². The van der Waals surface area contributed by atoms with Crippen molar-refractivity contribution in [3.8, 4) is 0 Å². The quantitative estimate of drug-likeness (QED) is 0.571. The lowest BCUT2D eigenvalue weighted by atomic mass is 10.2. The van der Waals surface area contributed by atoms with Gasteiger partial charge >= 0.3 is 0 Å². The van der Waals surface area contributed by atoms with E-state index >= 15 is 0 Å². The van der Waals surface area contributed by atoms with Crippen LogP contribution in [0, 0.1) is 11.6 Å². The van der Waals surface area contributed by atoms with Gasteiger partial charge in [-0.05, 0) is 42.0 Å². The molecule has 0 atom stereocenters. The van der Waals surface area contributed by atoms with Gasteiger partial charge in [-0.25, -0.2) is 8.78 Å². The Kier molecular flexibility index (Phi) is 6.80. The topological polar surface area (TPSA) is 36.3 Å². The first-order valence-electron chi connectivity index (χ1n) is 9.97. The lowest BCUT2D eigenvalue weighted by Crippen LogP contribution is -2.49. The maximum atomic E-state index is 14.0. The molecule has 1 aliphatic rings. The van der Waals surface area contributed by atoms with Crippen LogP contribution in [0.5, 0.6) is 0 Å². The molecule has 3 aromatic rings. The summed E-state index contributed by atoms with van der Waals surface area (Å²) in [4.78, 5) is 4.42. The van der Waals surface area contributed by atoms with Gasteiger partial charge in [-0.3, -0.25) is 9.58 Å². The number of nitrogens with zero attached hydrogens (tertiary/aromatic N) is 4. The third-order valence-electron chi connectivity index (χ3n) is 5.24. The monoisotopic (exact) mass is 461 g/mol. The van der Waals surface area contributed by atoms with Crippen molar-refractivity contribution in [2.75, 3.05) is 31.5 Å². The van der Waals surface area contributed by atoms with E-state index in [9.17, 15) is 8.78 Å². The first kappa shape index (κ1) is 21.7. The second-order valence-corrected chi connectivity index (χ2v) is 8.21. The maximum Gasteiger partial charge on any atom is 0.174 e. The minimum atomic E-state index is -0.355. The second kappa shape index (κ2) is 9.72. The van der Waals surface area contributed by atoms with Gasteiger partial charge in [0.15, 0.2) is 10.9 Å². The Balaban J connectivity index is 1.28. The highest BCUT2D eigenvalue weighted by Crippen LogP contribution is 2.20. The molecule has 0 aliphatic carbocycles. The van der Waals surface area contributed by atoms with Crippen LogP contribution in [0.25, 0.3) is 0 Å². The fraction of sp³-hybridized carbons (Fsp3) is 0.273. The van der Waals surface area contributed by atoms with Gasteiger partial charge in [-0.2, -0.15) is 5.10 Å². The summed E-state index contributed by atoms with van der Waals surface area (Å²) in [7, 11) is 0. The summed E-state index contributed by atoms with van der Waals surface area (Å²) in [5, 5.41) is 8.56. The van der Waals surface area contributed by atoms with Crippen LogP contribution in [-0.2, 0) is 13.1 Å². The van der Waals surface area contributed by atoms with Gasteiger partial charge in [-0.15, -0.1) is 0 Å². The summed E-state index contributed by atoms with van der Waals surface area (Å²) >= 11 is 11.6. The molecule has 31 heavy (non-hydrogen) atoms. The Morgan fingerprint density at radius 3 is 2.45 bits per heavy atom. The molecule has 1 aromatic heterocycles. The molecule has 1 saturated heterocycles. The third kappa shape index (κ3) is 5.58. The summed E-state index contributed by atoms with van der Waals surface area (Å²) in [6, 6.07) is 13.0. The minimum Gasteiger partial charge on any atom is -0.346 e. The maximum absolute atomic E-state index is 14.0. The molecule has 0 amide bonds. The van der Waals surface area contributed by atoms with E-state index in [1.165, 1.54) is 18.2 Å². The number of nitrogens with one attached hydrogen (secondary N) is 1. The molecule has 9 heteroatoms. The van der Waals surface area contributed by atoms with Gasteiger partial charge in [0.2, 0.25) is 0 Å². The largest absolute Gasteiger partial charge is 0.346 e. The van der Waals surface area contributed by atoms with E-state index in [0.717, 1.165) is 38.3 Å². The van der Waals surface area contributed by atoms with Crippen molar-refractivity contribution in [2.24, 2.45) is 0 Å². The highest BCUT2D eigenvalue weighted by Gasteiger charge is 2.19. The van der Waals surface area contributed by atoms with E-state index in [4.69, 9.17) is 23.8 Å². The van der Waals surface area contributed by atoms with Crippen LogP contribution >= 0.6 is 23.8 Å². The van der Waals surface area contributed by atoms with Crippen LogP contribution in [0.3, 0.4) is 0 Å². The standard InChI is InChI=1S/C22H22ClF2N5S/c23-19-2-1-3-20(25)18(19)15-30-9-8-21(27-30)26-22(31)29-12-10-28(11-13-29)14-16-4-6-17(24)7-5-16/h1-9H,10-15H2,(H,26,27,31). The summed E-state index contributed by atoms with van der Waals surface area (Å²) < 4.78 is 28.7. The van der Waals surface area contributed by atoms with Crippen molar-refractivity contribution in [3.05, 3.63) is 82.5 Å². The molecule has 0 spiro atoms. The van der Waals surface area contributed by atoms with Gasteiger partial charge in [0.1, 0.15) is 11.6 Å². The van der Waals surface area contributed by atoms with Crippen molar-refractivity contribution >= 4 is 34.7 Å². The van der Waals surface area contributed by atoms with Crippen molar-refractivity contribution in [3.63, 3.8) is 0 Å². The van der Waals surface area contributed by atoms with E-state index < -0.39 is 0 Å². The zero-order valence-corrected chi connectivity index (χ0v) is 18.3. The predicted octanol–water partition coefficient (Wildman–Crippen LogP) is 4.38. The number of benzene rings is 2. The Hall–Kier alpha value is -2.55. The van der Waals surface area contributed by atoms with Gasteiger partial charge < -0.3 is 10.2 Å². The first-order valence-corrected chi connectivity index (χ1v) is 10.8. The first-order chi connectivity index (χ1) is 15.0. The van der Waals surface area contributed by atoms with Gasteiger partial charge in [0.25, 0.3) is 0 Å². The molecule has 0 unspecified atom stereocenters. The molecule has 2 aromatic carbocycles. The molecule has 2 heterocycles. The predicted molar refractivity (Wildman–Crippen MR) is 122 cm³/mol. The highest BCUT2D eigenvalue weighted by atomic mass is 35.5. The molecule has 0 bridgehead atoms. The van der Waals surface area contributed by atoms with E-state index in [-0.39, 0.29) is 18.2 Å². The molecule has 0 radical (unpaired) electrons. The minimum absolute atomic E-state index is 0.218. The number of halogens is 3. The number of anilines is 1. The fourth-order valence-corrected chi connectivity index (χ4v) is 4.02. The zero-order valence-electron chi connectivity index (χ0n) is 16.8. The summed E-state index contributed by atoms with van der Waals surface area (Å²) in [6.45, 7) is 4.33. The number of thiocarbonyl (C=S) groups is 1. The summed E-state index contributed by atoms with van der Waals surface area (Å²) in [5.41, 5.74) is 1.50. The molecule has 1 fully saturated rings. The molecule has 4 rings (SSSR count). The van der Waals surface area contributed by atoms with Crippen LogP contribution in [0.15, 0.2) is 54.7 Å².